The molecule has 1 aliphatic carbocycles. The molecule has 0 spiro atoms. The number of aliphatic hydroxyl groups is 1. The van der Waals surface area contributed by atoms with Gasteiger partial charge in [0.2, 0.25) is 5.91 Å². The molecule has 2 rings (SSSR count). The second-order valence-electron chi connectivity index (χ2n) is 5.51. The molecule has 5 nitrogen and oxygen atoms in total. The van der Waals surface area contributed by atoms with Crippen LogP contribution in [0.5, 0.6) is 0 Å². The van der Waals surface area contributed by atoms with Gasteiger partial charge in [-0.2, -0.15) is 0 Å². The van der Waals surface area contributed by atoms with Crippen molar-refractivity contribution in [3.05, 3.63) is 17.0 Å². The Balaban J connectivity index is 1.92. The van der Waals surface area contributed by atoms with E-state index in [4.69, 9.17) is 4.52 Å². The molecule has 1 heterocycles. The van der Waals surface area contributed by atoms with E-state index in [0.717, 1.165) is 30.5 Å². The van der Waals surface area contributed by atoms with Gasteiger partial charge in [0.05, 0.1) is 18.2 Å². The molecule has 1 aromatic rings. The number of amides is 1. The molecule has 19 heavy (non-hydrogen) atoms. The average molecular weight is 266 g/mol. The normalized spacial score (nSPS) is 22.7. The van der Waals surface area contributed by atoms with Gasteiger partial charge in [-0.05, 0) is 26.7 Å². The van der Waals surface area contributed by atoms with Crippen LogP contribution in [0.1, 0.15) is 36.3 Å². The number of aliphatic hydroxyl groups excluding tert-OH is 1. The van der Waals surface area contributed by atoms with Gasteiger partial charge in [-0.15, -0.1) is 0 Å². The SMILES string of the molecule is Cc1noc(C)c1CC(=O)N(C)CC1CCCC1O. The summed E-state index contributed by atoms with van der Waals surface area (Å²) in [5, 5.41) is 13.7. The maximum Gasteiger partial charge on any atom is 0.226 e. The fourth-order valence-electron chi connectivity index (χ4n) is 2.72. The number of carbonyl (C=O) groups excluding carboxylic acids is 1. The van der Waals surface area contributed by atoms with Crippen LogP contribution in [0.3, 0.4) is 0 Å². The lowest BCUT2D eigenvalue weighted by Crippen LogP contribution is -2.35. The molecule has 0 bridgehead atoms. The summed E-state index contributed by atoms with van der Waals surface area (Å²) in [6.45, 7) is 4.30. The van der Waals surface area contributed by atoms with Gasteiger partial charge in [0.15, 0.2) is 0 Å². The summed E-state index contributed by atoms with van der Waals surface area (Å²) >= 11 is 0. The van der Waals surface area contributed by atoms with Crippen LogP contribution in [0.15, 0.2) is 4.52 Å². The van der Waals surface area contributed by atoms with Crippen molar-refractivity contribution < 1.29 is 14.4 Å². The second-order valence-corrected chi connectivity index (χ2v) is 5.51. The van der Waals surface area contributed by atoms with Gasteiger partial charge in [0.1, 0.15) is 5.76 Å². The summed E-state index contributed by atoms with van der Waals surface area (Å²) in [7, 11) is 1.80. The van der Waals surface area contributed by atoms with E-state index in [1.807, 2.05) is 13.8 Å². The van der Waals surface area contributed by atoms with Gasteiger partial charge < -0.3 is 14.5 Å². The first-order chi connectivity index (χ1) is 8.99. The molecule has 1 amide bonds. The summed E-state index contributed by atoms with van der Waals surface area (Å²) in [4.78, 5) is 13.9. The van der Waals surface area contributed by atoms with Gasteiger partial charge in [-0.1, -0.05) is 11.6 Å². The number of nitrogens with zero attached hydrogens (tertiary/aromatic N) is 2. The maximum atomic E-state index is 12.2. The lowest BCUT2D eigenvalue weighted by molar-refractivity contribution is -0.130. The topological polar surface area (TPSA) is 66.6 Å². The van der Waals surface area contributed by atoms with E-state index in [-0.39, 0.29) is 17.9 Å². The Bertz CT molecular complexity index is 436. The molecular formula is C14H22N2O3. The Kier molecular flexibility index (Phi) is 4.24. The molecule has 1 fully saturated rings. The fourth-order valence-corrected chi connectivity index (χ4v) is 2.72. The molecule has 0 aliphatic heterocycles. The van der Waals surface area contributed by atoms with E-state index in [1.54, 1.807) is 11.9 Å². The number of rotatable bonds is 4. The molecule has 2 unspecified atom stereocenters. The van der Waals surface area contributed by atoms with Crippen molar-refractivity contribution >= 4 is 5.91 Å². The highest BCUT2D eigenvalue weighted by molar-refractivity contribution is 5.79. The zero-order chi connectivity index (χ0) is 14.0. The van der Waals surface area contributed by atoms with Crippen LogP contribution in [-0.4, -0.2) is 40.8 Å². The lowest BCUT2D eigenvalue weighted by Gasteiger charge is -2.23. The monoisotopic (exact) mass is 266 g/mol. The van der Waals surface area contributed by atoms with Crippen molar-refractivity contribution in [1.29, 1.82) is 0 Å². The van der Waals surface area contributed by atoms with E-state index < -0.39 is 0 Å². The van der Waals surface area contributed by atoms with E-state index in [2.05, 4.69) is 5.16 Å². The lowest BCUT2D eigenvalue weighted by atomic mass is 10.0. The van der Waals surface area contributed by atoms with E-state index in [1.165, 1.54) is 0 Å². The first-order valence-corrected chi connectivity index (χ1v) is 6.82. The van der Waals surface area contributed by atoms with Crippen LogP contribution in [0.2, 0.25) is 0 Å². The van der Waals surface area contributed by atoms with Crippen molar-refractivity contribution in [2.24, 2.45) is 5.92 Å². The maximum absolute atomic E-state index is 12.2. The molecule has 1 N–H and O–H groups in total. The van der Waals surface area contributed by atoms with Crippen molar-refractivity contribution in [3.63, 3.8) is 0 Å². The Morgan fingerprint density at radius 2 is 2.21 bits per heavy atom. The number of aromatic nitrogens is 1. The average Bonchev–Trinajstić information content (AvgIpc) is 2.90. The number of hydrogen-bond acceptors (Lipinski definition) is 4. The molecular weight excluding hydrogens is 244 g/mol. The van der Waals surface area contributed by atoms with Crippen molar-refractivity contribution in [3.8, 4) is 0 Å². The van der Waals surface area contributed by atoms with Crippen LogP contribution in [0.25, 0.3) is 0 Å². The standard InChI is InChI=1S/C14H22N2O3/c1-9-12(10(2)19-15-9)7-14(18)16(3)8-11-5-4-6-13(11)17/h11,13,17H,4-8H2,1-3H3. The van der Waals surface area contributed by atoms with Gasteiger partial charge in [0.25, 0.3) is 0 Å². The van der Waals surface area contributed by atoms with Crippen LogP contribution in [0.4, 0.5) is 0 Å². The summed E-state index contributed by atoms with van der Waals surface area (Å²) in [5.41, 5.74) is 1.66. The molecule has 1 saturated carbocycles. The zero-order valence-electron chi connectivity index (χ0n) is 11.8. The van der Waals surface area contributed by atoms with Crippen molar-refractivity contribution in [2.75, 3.05) is 13.6 Å². The molecule has 5 heteroatoms. The zero-order valence-corrected chi connectivity index (χ0v) is 11.8. The van der Waals surface area contributed by atoms with E-state index in [0.29, 0.717) is 18.7 Å². The van der Waals surface area contributed by atoms with Crippen LogP contribution in [-0.2, 0) is 11.2 Å². The number of aryl methyl sites for hydroxylation is 2. The van der Waals surface area contributed by atoms with E-state index in [9.17, 15) is 9.90 Å². The summed E-state index contributed by atoms with van der Waals surface area (Å²) in [6, 6.07) is 0. The first kappa shape index (κ1) is 14.1. The largest absolute Gasteiger partial charge is 0.393 e. The Morgan fingerprint density at radius 1 is 1.47 bits per heavy atom. The highest BCUT2D eigenvalue weighted by atomic mass is 16.5. The summed E-state index contributed by atoms with van der Waals surface area (Å²) in [5.74, 6) is 0.979. The number of carbonyl (C=O) groups is 1. The van der Waals surface area contributed by atoms with Crippen LogP contribution >= 0.6 is 0 Å². The molecule has 0 radical (unpaired) electrons. The third kappa shape index (κ3) is 3.15. The van der Waals surface area contributed by atoms with Crippen molar-refractivity contribution in [1.82, 2.24) is 10.1 Å². The van der Waals surface area contributed by atoms with Gasteiger partial charge in [-0.3, -0.25) is 4.79 Å². The van der Waals surface area contributed by atoms with Gasteiger partial charge in [0, 0.05) is 25.1 Å². The molecule has 2 atom stereocenters. The minimum Gasteiger partial charge on any atom is -0.393 e. The summed E-state index contributed by atoms with van der Waals surface area (Å²) in [6.07, 6.45) is 2.98. The molecule has 1 aliphatic rings. The number of likely N-dealkylation sites (N-methyl/N-ethyl adjacent to an activating group) is 1. The smallest absolute Gasteiger partial charge is 0.226 e. The molecule has 106 valence electrons. The predicted molar refractivity (Wildman–Crippen MR) is 70.7 cm³/mol. The molecule has 0 aromatic carbocycles. The van der Waals surface area contributed by atoms with Gasteiger partial charge >= 0.3 is 0 Å². The third-order valence-corrected chi connectivity index (χ3v) is 4.06. The Labute approximate surface area is 113 Å². The van der Waals surface area contributed by atoms with Crippen LogP contribution in [0, 0.1) is 19.8 Å². The fraction of sp³-hybridized carbons (Fsp3) is 0.714. The minimum atomic E-state index is -0.255. The first-order valence-electron chi connectivity index (χ1n) is 6.82. The highest BCUT2D eigenvalue weighted by Crippen LogP contribution is 2.26. The van der Waals surface area contributed by atoms with Crippen LogP contribution < -0.4 is 0 Å². The van der Waals surface area contributed by atoms with Crippen molar-refractivity contribution in [2.45, 2.75) is 45.6 Å². The van der Waals surface area contributed by atoms with E-state index >= 15 is 0 Å². The highest BCUT2D eigenvalue weighted by Gasteiger charge is 2.27. The van der Waals surface area contributed by atoms with Gasteiger partial charge in [-0.25, -0.2) is 0 Å². The third-order valence-electron chi connectivity index (χ3n) is 4.06. The molecule has 0 saturated heterocycles. The quantitative estimate of drug-likeness (QED) is 0.895. The number of hydrogen-bond donors (Lipinski definition) is 1. The molecule has 1 aromatic heterocycles. The Hall–Kier alpha value is -1.36. The Morgan fingerprint density at radius 3 is 2.74 bits per heavy atom. The second kappa shape index (κ2) is 5.74. The predicted octanol–water partition coefficient (Wildman–Crippen LogP) is 1.45. The summed E-state index contributed by atoms with van der Waals surface area (Å²) < 4.78 is 5.07. The minimum absolute atomic E-state index is 0.0495.